The smallest absolute Gasteiger partial charge is 0.230 e. The number of carbonyl (C=O) groups is 1. The molecule has 1 aromatic heterocycles. The maximum atomic E-state index is 11.5. The van der Waals surface area contributed by atoms with E-state index in [-0.39, 0.29) is 29.2 Å². The number of nitrogens with zero attached hydrogens (tertiary/aromatic N) is 2. The minimum Gasteiger partial charge on any atom is -0.352 e. The van der Waals surface area contributed by atoms with Crippen molar-refractivity contribution >= 4 is 27.5 Å². The second-order valence-corrected chi connectivity index (χ2v) is 6.94. The lowest BCUT2D eigenvalue weighted by Gasteiger charge is -2.09. The van der Waals surface area contributed by atoms with Crippen molar-refractivity contribution in [1.29, 1.82) is 0 Å². The number of aromatic amines is 1. The van der Waals surface area contributed by atoms with Crippen LogP contribution in [0.5, 0.6) is 0 Å². The van der Waals surface area contributed by atoms with Gasteiger partial charge >= 0.3 is 0 Å². The topological polar surface area (TPSA) is 105 Å². The molecule has 1 aliphatic heterocycles. The zero-order chi connectivity index (χ0) is 12.3. The average molecular weight is 276 g/mol. The van der Waals surface area contributed by atoms with Gasteiger partial charge in [-0.15, -0.1) is 0 Å². The number of amides is 1. The zero-order valence-electron chi connectivity index (χ0n) is 8.92. The SMILES string of the molecule is O=C(CSc1ncn[nH]1)N[C@H]1CCS(=O)(=O)C1. The summed E-state index contributed by atoms with van der Waals surface area (Å²) in [6.07, 6.45) is 1.87. The van der Waals surface area contributed by atoms with Crippen LogP contribution in [0.2, 0.25) is 0 Å². The number of thioether (sulfide) groups is 1. The fraction of sp³-hybridized carbons (Fsp3) is 0.625. The van der Waals surface area contributed by atoms with Crippen LogP contribution >= 0.6 is 11.8 Å². The van der Waals surface area contributed by atoms with Crippen LogP contribution in [-0.4, -0.2) is 52.8 Å². The van der Waals surface area contributed by atoms with Gasteiger partial charge in [0.15, 0.2) is 15.0 Å². The zero-order valence-corrected chi connectivity index (χ0v) is 10.6. The molecule has 1 atom stereocenters. The molecule has 2 N–H and O–H groups in total. The predicted octanol–water partition coefficient (Wildman–Crippen LogP) is -0.800. The van der Waals surface area contributed by atoms with E-state index in [2.05, 4.69) is 20.5 Å². The Hall–Kier alpha value is -1.09. The molecule has 9 heteroatoms. The third kappa shape index (κ3) is 3.70. The number of rotatable bonds is 4. The highest BCUT2D eigenvalue weighted by Gasteiger charge is 2.28. The molecule has 2 rings (SSSR count). The summed E-state index contributed by atoms with van der Waals surface area (Å²) in [5.41, 5.74) is 0. The first-order valence-corrected chi connectivity index (χ1v) is 7.84. The molecule has 0 saturated carbocycles. The van der Waals surface area contributed by atoms with Crippen LogP contribution in [0.15, 0.2) is 11.5 Å². The standard InChI is InChI=1S/C8H12N4O3S2/c13-7(3-16-8-9-5-10-12-8)11-6-1-2-17(14,15)4-6/h5-6H,1-4H2,(H,11,13)(H,9,10,12)/t6-/m0/s1. The summed E-state index contributed by atoms with van der Waals surface area (Å²) in [5.74, 6) is 0.221. The van der Waals surface area contributed by atoms with Crippen LogP contribution in [0.1, 0.15) is 6.42 Å². The van der Waals surface area contributed by atoms with Crippen LogP contribution in [0.3, 0.4) is 0 Å². The van der Waals surface area contributed by atoms with E-state index in [0.717, 1.165) is 0 Å². The van der Waals surface area contributed by atoms with Crippen LogP contribution in [0, 0.1) is 0 Å². The molecule has 1 saturated heterocycles. The molecule has 0 radical (unpaired) electrons. The maximum absolute atomic E-state index is 11.5. The van der Waals surface area contributed by atoms with E-state index in [9.17, 15) is 13.2 Å². The summed E-state index contributed by atoms with van der Waals surface area (Å²) in [4.78, 5) is 15.4. The van der Waals surface area contributed by atoms with Gasteiger partial charge in [-0.1, -0.05) is 11.8 Å². The molecule has 17 heavy (non-hydrogen) atoms. The van der Waals surface area contributed by atoms with Crippen molar-refractivity contribution in [2.45, 2.75) is 17.6 Å². The minimum absolute atomic E-state index is 0.0473. The van der Waals surface area contributed by atoms with Crippen LogP contribution in [0.4, 0.5) is 0 Å². The Bertz CT molecular complexity index is 485. The van der Waals surface area contributed by atoms with E-state index in [4.69, 9.17) is 0 Å². The van der Waals surface area contributed by atoms with E-state index >= 15 is 0 Å². The van der Waals surface area contributed by atoms with Crippen molar-refractivity contribution in [1.82, 2.24) is 20.5 Å². The van der Waals surface area contributed by atoms with E-state index in [1.54, 1.807) is 0 Å². The third-order valence-corrected chi connectivity index (χ3v) is 4.98. The van der Waals surface area contributed by atoms with Gasteiger partial charge in [0.1, 0.15) is 6.33 Å². The molecule has 0 spiro atoms. The molecule has 0 aromatic carbocycles. The van der Waals surface area contributed by atoms with Crippen molar-refractivity contribution < 1.29 is 13.2 Å². The van der Waals surface area contributed by atoms with Gasteiger partial charge in [0, 0.05) is 6.04 Å². The molecular weight excluding hydrogens is 264 g/mol. The van der Waals surface area contributed by atoms with E-state index < -0.39 is 9.84 Å². The summed E-state index contributed by atoms with van der Waals surface area (Å²) in [7, 11) is -2.95. The first-order chi connectivity index (χ1) is 8.05. The van der Waals surface area contributed by atoms with Gasteiger partial charge in [0.05, 0.1) is 17.3 Å². The Morgan fingerprint density at radius 1 is 1.65 bits per heavy atom. The Morgan fingerprint density at radius 2 is 2.47 bits per heavy atom. The lowest BCUT2D eigenvalue weighted by Crippen LogP contribution is -2.36. The van der Waals surface area contributed by atoms with Crippen LogP contribution in [0.25, 0.3) is 0 Å². The fourth-order valence-corrected chi connectivity index (χ4v) is 3.84. The molecule has 7 nitrogen and oxygen atoms in total. The highest BCUT2D eigenvalue weighted by atomic mass is 32.2. The molecule has 2 heterocycles. The summed E-state index contributed by atoms with van der Waals surface area (Å²) in [6, 6.07) is -0.247. The largest absolute Gasteiger partial charge is 0.352 e. The fourth-order valence-electron chi connectivity index (χ4n) is 1.58. The highest BCUT2D eigenvalue weighted by molar-refractivity contribution is 7.99. The van der Waals surface area contributed by atoms with Gasteiger partial charge in [-0.2, -0.15) is 5.10 Å². The van der Waals surface area contributed by atoms with Gasteiger partial charge in [0.2, 0.25) is 5.91 Å². The van der Waals surface area contributed by atoms with Gasteiger partial charge in [0.25, 0.3) is 0 Å². The Morgan fingerprint density at radius 3 is 3.06 bits per heavy atom. The molecule has 0 bridgehead atoms. The predicted molar refractivity (Wildman–Crippen MR) is 62.3 cm³/mol. The molecule has 0 aliphatic carbocycles. The number of H-pyrrole nitrogens is 1. The van der Waals surface area contributed by atoms with E-state index in [1.165, 1.54) is 18.1 Å². The molecule has 1 fully saturated rings. The first kappa shape index (κ1) is 12.4. The average Bonchev–Trinajstić information content (AvgIpc) is 2.85. The number of hydrogen-bond acceptors (Lipinski definition) is 6. The molecule has 1 aromatic rings. The lowest BCUT2D eigenvalue weighted by molar-refractivity contribution is -0.119. The second-order valence-electron chi connectivity index (χ2n) is 3.75. The highest BCUT2D eigenvalue weighted by Crippen LogP contribution is 2.13. The number of hydrogen-bond donors (Lipinski definition) is 2. The van der Waals surface area contributed by atoms with Crippen molar-refractivity contribution in [3.8, 4) is 0 Å². The van der Waals surface area contributed by atoms with Crippen molar-refractivity contribution in [3.63, 3.8) is 0 Å². The summed E-state index contributed by atoms with van der Waals surface area (Å²) >= 11 is 1.23. The molecular formula is C8H12N4O3S2. The molecule has 1 aliphatic rings. The minimum atomic E-state index is -2.95. The Balaban J connectivity index is 1.75. The summed E-state index contributed by atoms with van der Waals surface area (Å²) in [5, 5.41) is 9.54. The maximum Gasteiger partial charge on any atom is 0.230 e. The van der Waals surface area contributed by atoms with Crippen molar-refractivity contribution in [2.75, 3.05) is 17.3 Å². The van der Waals surface area contributed by atoms with Gasteiger partial charge in [-0.25, -0.2) is 13.4 Å². The van der Waals surface area contributed by atoms with Crippen molar-refractivity contribution in [2.24, 2.45) is 0 Å². The number of aromatic nitrogens is 3. The molecule has 94 valence electrons. The number of carbonyl (C=O) groups excluding carboxylic acids is 1. The second kappa shape index (κ2) is 5.05. The number of sulfone groups is 1. The van der Waals surface area contributed by atoms with E-state index in [0.29, 0.717) is 11.6 Å². The van der Waals surface area contributed by atoms with Gasteiger partial charge < -0.3 is 5.32 Å². The number of nitrogens with one attached hydrogen (secondary N) is 2. The van der Waals surface area contributed by atoms with Crippen LogP contribution in [-0.2, 0) is 14.6 Å². The van der Waals surface area contributed by atoms with Gasteiger partial charge in [-0.05, 0) is 6.42 Å². The Labute approximate surface area is 103 Å². The quantitative estimate of drug-likeness (QED) is 0.698. The first-order valence-electron chi connectivity index (χ1n) is 5.03. The summed E-state index contributed by atoms with van der Waals surface area (Å²) < 4.78 is 22.4. The van der Waals surface area contributed by atoms with Crippen LogP contribution < -0.4 is 5.32 Å². The third-order valence-electron chi connectivity index (χ3n) is 2.33. The monoisotopic (exact) mass is 276 g/mol. The molecule has 0 unspecified atom stereocenters. The van der Waals surface area contributed by atoms with Crippen molar-refractivity contribution in [3.05, 3.63) is 6.33 Å². The Kier molecular flexibility index (Phi) is 3.67. The van der Waals surface area contributed by atoms with E-state index in [1.807, 2.05) is 0 Å². The normalized spacial score (nSPS) is 22.5. The molecule has 1 amide bonds. The summed E-state index contributed by atoms with van der Waals surface area (Å²) in [6.45, 7) is 0. The van der Waals surface area contributed by atoms with Gasteiger partial charge in [-0.3, -0.25) is 9.89 Å². The lowest BCUT2D eigenvalue weighted by atomic mass is 10.3.